The molecule has 0 spiro atoms. The second kappa shape index (κ2) is 5.39. The van der Waals surface area contributed by atoms with Gasteiger partial charge < -0.3 is 5.32 Å². The number of aromatic nitrogens is 2. The van der Waals surface area contributed by atoms with Crippen LogP contribution in [0.3, 0.4) is 0 Å². The van der Waals surface area contributed by atoms with Gasteiger partial charge in [-0.1, -0.05) is 30.3 Å². The first kappa shape index (κ1) is 12.2. The number of fused-ring (bicyclic) bond motifs is 1. The summed E-state index contributed by atoms with van der Waals surface area (Å²) in [6.07, 6.45) is 6.10. The number of benzene rings is 1. The Bertz CT molecular complexity index is 551. The zero-order chi connectivity index (χ0) is 13.1. The minimum absolute atomic E-state index is 0.377. The highest BCUT2D eigenvalue weighted by atomic mass is 15.0. The fourth-order valence-electron chi connectivity index (χ4n) is 2.74. The van der Waals surface area contributed by atoms with Crippen LogP contribution in [0.2, 0.25) is 0 Å². The number of nitrogens with zero attached hydrogens (tertiary/aromatic N) is 2. The van der Waals surface area contributed by atoms with E-state index in [1.807, 2.05) is 0 Å². The van der Waals surface area contributed by atoms with Crippen molar-refractivity contribution in [3.05, 3.63) is 53.5 Å². The van der Waals surface area contributed by atoms with Gasteiger partial charge in [0.1, 0.15) is 12.1 Å². The molecule has 3 nitrogen and oxygen atoms in total. The summed E-state index contributed by atoms with van der Waals surface area (Å²) >= 11 is 0. The van der Waals surface area contributed by atoms with Crippen LogP contribution < -0.4 is 5.32 Å². The molecular weight excluding hydrogens is 234 g/mol. The number of hydrogen-bond donors (Lipinski definition) is 1. The molecule has 0 saturated carbocycles. The predicted octanol–water partition coefficient (Wildman–Crippen LogP) is 3.01. The minimum atomic E-state index is 0.377. The maximum atomic E-state index is 4.41. The largest absolute Gasteiger partial charge is 0.367 e. The Morgan fingerprint density at radius 1 is 1.16 bits per heavy atom. The van der Waals surface area contributed by atoms with Crippen LogP contribution in [-0.2, 0) is 19.3 Å². The van der Waals surface area contributed by atoms with Gasteiger partial charge in [0, 0.05) is 17.3 Å². The summed E-state index contributed by atoms with van der Waals surface area (Å²) in [5.41, 5.74) is 3.90. The fourth-order valence-corrected chi connectivity index (χ4v) is 2.74. The first-order valence-electron chi connectivity index (χ1n) is 6.96. The Labute approximate surface area is 114 Å². The molecule has 1 aromatic heterocycles. The second-order valence-corrected chi connectivity index (χ2v) is 5.24. The van der Waals surface area contributed by atoms with E-state index in [9.17, 15) is 0 Å². The summed E-state index contributed by atoms with van der Waals surface area (Å²) in [5.74, 6) is 1.03. The molecule has 3 heteroatoms. The predicted molar refractivity (Wildman–Crippen MR) is 77.3 cm³/mol. The van der Waals surface area contributed by atoms with E-state index in [4.69, 9.17) is 0 Å². The molecule has 0 aliphatic heterocycles. The van der Waals surface area contributed by atoms with Crippen molar-refractivity contribution in [2.75, 3.05) is 5.32 Å². The van der Waals surface area contributed by atoms with Crippen LogP contribution in [-0.4, -0.2) is 16.0 Å². The molecule has 0 saturated heterocycles. The average Bonchev–Trinajstić information content (AvgIpc) is 2.89. The van der Waals surface area contributed by atoms with Crippen molar-refractivity contribution in [2.24, 2.45) is 0 Å². The van der Waals surface area contributed by atoms with E-state index in [1.54, 1.807) is 6.33 Å². The van der Waals surface area contributed by atoms with Gasteiger partial charge in [0.15, 0.2) is 0 Å². The lowest BCUT2D eigenvalue weighted by Crippen LogP contribution is -2.20. The van der Waals surface area contributed by atoms with Crippen molar-refractivity contribution < 1.29 is 0 Å². The molecule has 2 aromatic rings. The van der Waals surface area contributed by atoms with Crippen LogP contribution in [0, 0.1) is 0 Å². The third-order valence-electron chi connectivity index (χ3n) is 3.64. The summed E-state index contributed by atoms with van der Waals surface area (Å²) in [4.78, 5) is 8.77. The molecule has 0 fully saturated rings. The van der Waals surface area contributed by atoms with E-state index in [0.717, 1.165) is 25.1 Å². The highest BCUT2D eigenvalue weighted by Crippen LogP contribution is 2.25. The van der Waals surface area contributed by atoms with Crippen molar-refractivity contribution in [1.29, 1.82) is 0 Å². The summed E-state index contributed by atoms with van der Waals surface area (Å²) in [5, 5.41) is 3.54. The molecule has 1 N–H and O–H groups in total. The maximum Gasteiger partial charge on any atom is 0.133 e. The van der Waals surface area contributed by atoms with E-state index >= 15 is 0 Å². The molecule has 98 valence electrons. The highest BCUT2D eigenvalue weighted by molar-refractivity contribution is 5.48. The summed E-state index contributed by atoms with van der Waals surface area (Å²) in [6.45, 7) is 2.20. The van der Waals surface area contributed by atoms with Crippen LogP contribution in [0.5, 0.6) is 0 Å². The molecule has 0 radical (unpaired) electrons. The number of anilines is 1. The SMILES string of the molecule is CC(Cc1ccccc1)Nc1ncnc2c1CCC2. The van der Waals surface area contributed by atoms with Gasteiger partial charge in [-0.2, -0.15) is 0 Å². The molecule has 1 atom stereocenters. The Balaban J connectivity index is 1.70. The normalized spacial score (nSPS) is 15.0. The van der Waals surface area contributed by atoms with Crippen molar-refractivity contribution >= 4 is 5.82 Å². The molecule has 3 rings (SSSR count). The third kappa shape index (κ3) is 2.75. The molecular formula is C16H19N3. The number of aryl methyl sites for hydroxylation is 1. The summed E-state index contributed by atoms with van der Waals surface area (Å²) < 4.78 is 0. The van der Waals surface area contributed by atoms with Gasteiger partial charge in [-0.15, -0.1) is 0 Å². The number of rotatable bonds is 4. The summed E-state index contributed by atoms with van der Waals surface area (Å²) in [6, 6.07) is 10.9. The average molecular weight is 253 g/mol. The Morgan fingerprint density at radius 3 is 2.84 bits per heavy atom. The molecule has 1 aliphatic rings. The first-order valence-corrected chi connectivity index (χ1v) is 6.96. The van der Waals surface area contributed by atoms with Crippen LogP contribution in [0.15, 0.2) is 36.7 Å². The zero-order valence-corrected chi connectivity index (χ0v) is 11.3. The van der Waals surface area contributed by atoms with Gasteiger partial charge in [0.25, 0.3) is 0 Å². The first-order chi connectivity index (χ1) is 9.33. The lowest BCUT2D eigenvalue weighted by atomic mass is 10.1. The van der Waals surface area contributed by atoms with Crippen LogP contribution >= 0.6 is 0 Å². The molecule has 1 aliphatic carbocycles. The Morgan fingerprint density at radius 2 is 2.00 bits per heavy atom. The standard InChI is InChI=1S/C16H19N3/c1-12(10-13-6-3-2-4-7-13)19-16-14-8-5-9-15(14)17-11-18-16/h2-4,6-7,11-12H,5,8-10H2,1H3,(H,17,18,19). The van der Waals surface area contributed by atoms with Crippen molar-refractivity contribution in [1.82, 2.24) is 9.97 Å². The molecule has 1 heterocycles. The second-order valence-electron chi connectivity index (χ2n) is 5.24. The van der Waals surface area contributed by atoms with E-state index in [0.29, 0.717) is 6.04 Å². The van der Waals surface area contributed by atoms with E-state index < -0.39 is 0 Å². The quantitative estimate of drug-likeness (QED) is 0.910. The van der Waals surface area contributed by atoms with Crippen LogP contribution in [0.4, 0.5) is 5.82 Å². The van der Waals surface area contributed by atoms with E-state index in [-0.39, 0.29) is 0 Å². The monoisotopic (exact) mass is 253 g/mol. The Hall–Kier alpha value is -1.90. The van der Waals surface area contributed by atoms with Crippen molar-refractivity contribution in [3.63, 3.8) is 0 Å². The lowest BCUT2D eigenvalue weighted by Gasteiger charge is -2.16. The van der Waals surface area contributed by atoms with Gasteiger partial charge in [0.2, 0.25) is 0 Å². The van der Waals surface area contributed by atoms with Crippen LogP contribution in [0.1, 0.15) is 30.2 Å². The third-order valence-corrected chi connectivity index (χ3v) is 3.64. The molecule has 0 amide bonds. The van der Waals surface area contributed by atoms with Crippen molar-refractivity contribution in [2.45, 2.75) is 38.6 Å². The molecule has 1 aromatic carbocycles. The summed E-state index contributed by atoms with van der Waals surface area (Å²) in [7, 11) is 0. The van der Waals surface area contributed by atoms with Gasteiger partial charge in [0.05, 0.1) is 0 Å². The fraction of sp³-hybridized carbons (Fsp3) is 0.375. The van der Waals surface area contributed by atoms with E-state index in [1.165, 1.54) is 23.2 Å². The highest BCUT2D eigenvalue weighted by Gasteiger charge is 2.17. The minimum Gasteiger partial charge on any atom is -0.367 e. The lowest BCUT2D eigenvalue weighted by molar-refractivity contribution is 0.780. The maximum absolute atomic E-state index is 4.41. The Kier molecular flexibility index (Phi) is 3.45. The van der Waals surface area contributed by atoms with Crippen LogP contribution in [0.25, 0.3) is 0 Å². The zero-order valence-electron chi connectivity index (χ0n) is 11.3. The number of hydrogen-bond acceptors (Lipinski definition) is 3. The van der Waals surface area contributed by atoms with Gasteiger partial charge in [-0.05, 0) is 38.2 Å². The molecule has 1 unspecified atom stereocenters. The molecule has 0 bridgehead atoms. The smallest absolute Gasteiger partial charge is 0.133 e. The van der Waals surface area contributed by atoms with Gasteiger partial charge in [-0.3, -0.25) is 0 Å². The topological polar surface area (TPSA) is 37.8 Å². The van der Waals surface area contributed by atoms with E-state index in [2.05, 4.69) is 52.5 Å². The molecule has 19 heavy (non-hydrogen) atoms. The van der Waals surface area contributed by atoms with Gasteiger partial charge >= 0.3 is 0 Å². The number of nitrogens with one attached hydrogen (secondary N) is 1. The van der Waals surface area contributed by atoms with Crippen molar-refractivity contribution in [3.8, 4) is 0 Å². The van der Waals surface area contributed by atoms with Gasteiger partial charge in [-0.25, -0.2) is 9.97 Å².